The summed E-state index contributed by atoms with van der Waals surface area (Å²) in [5.41, 5.74) is 0.586. The molecule has 90 valence electrons. The zero-order chi connectivity index (χ0) is 12.7. The first-order chi connectivity index (χ1) is 8.15. The Morgan fingerprint density at radius 1 is 1.41 bits per heavy atom. The number of rotatable bonds is 6. The van der Waals surface area contributed by atoms with Crippen LogP contribution in [0.5, 0.6) is 0 Å². The Kier molecular flexibility index (Phi) is 4.90. The molecule has 0 aliphatic rings. The minimum Gasteiger partial charge on any atom is -0.395 e. The molecule has 0 bridgehead atoms. The smallest absolute Gasteiger partial charge is 0.252 e. The van der Waals surface area contributed by atoms with Gasteiger partial charge in [-0.2, -0.15) is 0 Å². The summed E-state index contributed by atoms with van der Waals surface area (Å²) in [6, 6.07) is 5.36. The van der Waals surface area contributed by atoms with E-state index in [-0.39, 0.29) is 24.6 Å². The highest BCUT2D eigenvalue weighted by atomic mass is 16.3. The average Bonchev–Trinajstić information content (AvgIpc) is 2.36. The summed E-state index contributed by atoms with van der Waals surface area (Å²) in [5.74, 6) is 0.223. The van der Waals surface area contributed by atoms with E-state index < -0.39 is 0 Å². The Balaban J connectivity index is 2.53. The minimum absolute atomic E-state index is 0.112. The Hall–Kier alpha value is -2.14. The highest BCUT2D eigenvalue weighted by molar-refractivity contribution is 5.97. The van der Waals surface area contributed by atoms with E-state index in [9.17, 15) is 4.79 Å². The summed E-state index contributed by atoms with van der Waals surface area (Å²) in [5, 5.41) is 13.9. The highest BCUT2D eigenvalue weighted by Gasteiger charge is 2.09. The van der Waals surface area contributed by atoms with Crippen LogP contribution < -0.4 is 10.6 Å². The van der Waals surface area contributed by atoms with Crippen molar-refractivity contribution >= 4 is 11.7 Å². The van der Waals surface area contributed by atoms with E-state index in [1.807, 2.05) is 6.07 Å². The van der Waals surface area contributed by atoms with Crippen LogP contribution in [-0.2, 0) is 4.79 Å². The van der Waals surface area contributed by atoms with Crippen LogP contribution in [0.3, 0.4) is 0 Å². The zero-order valence-corrected chi connectivity index (χ0v) is 9.44. The van der Waals surface area contributed by atoms with Gasteiger partial charge in [-0.25, -0.2) is 4.98 Å². The van der Waals surface area contributed by atoms with Crippen LogP contribution in [0.25, 0.3) is 0 Å². The molecule has 0 atom stereocenters. The van der Waals surface area contributed by atoms with Crippen molar-refractivity contribution in [3.8, 4) is 0 Å². The van der Waals surface area contributed by atoms with Gasteiger partial charge in [0.2, 0.25) is 0 Å². The lowest BCUT2D eigenvalue weighted by molar-refractivity contribution is -0.117. The molecule has 0 radical (unpaired) electrons. The Bertz CT molecular complexity index is 415. The van der Waals surface area contributed by atoms with Gasteiger partial charge < -0.3 is 15.7 Å². The lowest BCUT2D eigenvalue weighted by Gasteiger charge is -2.11. The van der Waals surface area contributed by atoms with Gasteiger partial charge in [0.1, 0.15) is 5.82 Å². The Labute approximate surface area is 99.9 Å². The standard InChI is InChI=1S/C12H15N3O2/c1-9(12(17)14-7-8-16)10(2)15-11-5-3-4-6-13-11/h3-6,16H,1-2,7-8H2,(H,13,15)(H,14,17). The first kappa shape index (κ1) is 12.9. The number of carbonyl (C=O) groups excluding carboxylic acids is 1. The largest absolute Gasteiger partial charge is 0.395 e. The summed E-state index contributed by atoms with van der Waals surface area (Å²) in [4.78, 5) is 15.5. The molecule has 1 rings (SSSR count). The summed E-state index contributed by atoms with van der Waals surface area (Å²) < 4.78 is 0. The van der Waals surface area contributed by atoms with Crippen molar-refractivity contribution in [2.24, 2.45) is 0 Å². The van der Waals surface area contributed by atoms with Gasteiger partial charge in [0.25, 0.3) is 5.91 Å². The fraction of sp³-hybridized carbons (Fsp3) is 0.167. The predicted octanol–water partition coefficient (Wildman–Crippen LogP) is 0.672. The number of aliphatic hydroxyl groups excluding tert-OH is 1. The van der Waals surface area contributed by atoms with Crippen molar-refractivity contribution < 1.29 is 9.90 Å². The molecule has 0 aromatic carbocycles. The SMILES string of the molecule is C=C(Nc1ccccn1)C(=C)C(=O)NCCO. The van der Waals surface area contributed by atoms with Gasteiger partial charge in [-0.3, -0.25) is 4.79 Å². The van der Waals surface area contributed by atoms with Crippen molar-refractivity contribution in [2.75, 3.05) is 18.5 Å². The van der Waals surface area contributed by atoms with Gasteiger partial charge in [0.05, 0.1) is 12.2 Å². The second-order valence-corrected chi connectivity index (χ2v) is 3.28. The van der Waals surface area contributed by atoms with E-state index in [2.05, 4.69) is 28.8 Å². The van der Waals surface area contributed by atoms with Crippen LogP contribution in [0.15, 0.2) is 48.8 Å². The molecule has 0 saturated carbocycles. The molecule has 0 aliphatic heterocycles. The maximum atomic E-state index is 11.5. The van der Waals surface area contributed by atoms with Crippen LogP contribution in [0.4, 0.5) is 5.82 Å². The second kappa shape index (κ2) is 6.44. The van der Waals surface area contributed by atoms with E-state index >= 15 is 0 Å². The first-order valence-electron chi connectivity index (χ1n) is 5.10. The first-order valence-corrected chi connectivity index (χ1v) is 5.10. The van der Waals surface area contributed by atoms with E-state index in [0.29, 0.717) is 11.5 Å². The van der Waals surface area contributed by atoms with Gasteiger partial charge in [0.15, 0.2) is 0 Å². The van der Waals surface area contributed by atoms with E-state index in [1.165, 1.54) is 0 Å². The molecular formula is C12H15N3O2. The highest BCUT2D eigenvalue weighted by Crippen LogP contribution is 2.09. The number of carbonyl (C=O) groups is 1. The van der Waals surface area contributed by atoms with Gasteiger partial charge in [-0.15, -0.1) is 0 Å². The molecule has 1 heterocycles. The number of pyridine rings is 1. The third-order valence-corrected chi connectivity index (χ3v) is 1.98. The fourth-order valence-corrected chi connectivity index (χ4v) is 1.08. The van der Waals surface area contributed by atoms with E-state index in [1.54, 1.807) is 18.3 Å². The number of aromatic nitrogens is 1. The molecule has 0 unspecified atom stereocenters. The molecule has 5 nitrogen and oxygen atoms in total. The van der Waals surface area contributed by atoms with Crippen molar-refractivity contribution in [3.63, 3.8) is 0 Å². The molecule has 1 aromatic heterocycles. The summed E-state index contributed by atoms with van der Waals surface area (Å²) in [6.07, 6.45) is 1.63. The number of nitrogens with zero attached hydrogens (tertiary/aromatic N) is 1. The normalized spacial score (nSPS) is 9.47. The monoisotopic (exact) mass is 233 g/mol. The lowest BCUT2D eigenvalue weighted by atomic mass is 10.2. The van der Waals surface area contributed by atoms with Crippen molar-refractivity contribution in [1.82, 2.24) is 10.3 Å². The Morgan fingerprint density at radius 2 is 2.18 bits per heavy atom. The van der Waals surface area contributed by atoms with Crippen LogP contribution in [-0.4, -0.2) is 29.1 Å². The number of aliphatic hydroxyl groups is 1. The predicted molar refractivity (Wildman–Crippen MR) is 66.2 cm³/mol. The average molecular weight is 233 g/mol. The van der Waals surface area contributed by atoms with Gasteiger partial charge in [-0.1, -0.05) is 19.2 Å². The molecule has 0 spiro atoms. The maximum absolute atomic E-state index is 11.5. The summed E-state index contributed by atoms with van der Waals surface area (Å²) >= 11 is 0. The quantitative estimate of drug-likeness (QED) is 0.499. The topological polar surface area (TPSA) is 74.2 Å². The number of nitrogens with one attached hydrogen (secondary N) is 2. The van der Waals surface area contributed by atoms with Crippen molar-refractivity contribution in [3.05, 3.63) is 48.8 Å². The number of amides is 1. The van der Waals surface area contributed by atoms with Crippen LogP contribution in [0.2, 0.25) is 0 Å². The molecule has 5 heteroatoms. The van der Waals surface area contributed by atoms with Crippen LogP contribution >= 0.6 is 0 Å². The fourth-order valence-electron chi connectivity index (χ4n) is 1.08. The van der Waals surface area contributed by atoms with Crippen LogP contribution in [0.1, 0.15) is 0 Å². The molecule has 0 fully saturated rings. The second-order valence-electron chi connectivity index (χ2n) is 3.28. The summed E-state index contributed by atoms with van der Waals surface area (Å²) in [7, 11) is 0. The molecule has 17 heavy (non-hydrogen) atoms. The molecular weight excluding hydrogens is 218 g/mol. The van der Waals surface area contributed by atoms with Gasteiger partial charge in [-0.05, 0) is 12.1 Å². The molecule has 1 amide bonds. The number of hydrogen-bond donors (Lipinski definition) is 3. The molecule has 3 N–H and O–H groups in total. The van der Waals surface area contributed by atoms with Crippen LogP contribution in [0, 0.1) is 0 Å². The summed E-state index contributed by atoms with van der Waals surface area (Å²) in [6.45, 7) is 7.40. The third-order valence-electron chi connectivity index (χ3n) is 1.98. The Morgan fingerprint density at radius 3 is 2.76 bits per heavy atom. The lowest BCUT2D eigenvalue weighted by Crippen LogP contribution is -2.29. The third kappa shape index (κ3) is 4.08. The van der Waals surface area contributed by atoms with Gasteiger partial charge >= 0.3 is 0 Å². The maximum Gasteiger partial charge on any atom is 0.252 e. The van der Waals surface area contributed by atoms with E-state index in [0.717, 1.165) is 0 Å². The van der Waals surface area contributed by atoms with Crippen molar-refractivity contribution in [1.29, 1.82) is 0 Å². The van der Waals surface area contributed by atoms with Crippen molar-refractivity contribution in [2.45, 2.75) is 0 Å². The zero-order valence-electron chi connectivity index (χ0n) is 9.44. The number of anilines is 1. The van der Waals surface area contributed by atoms with E-state index in [4.69, 9.17) is 5.11 Å². The number of hydrogen-bond acceptors (Lipinski definition) is 4. The molecule has 0 saturated heterocycles. The molecule has 1 aromatic rings. The minimum atomic E-state index is -0.368. The molecule has 0 aliphatic carbocycles. The van der Waals surface area contributed by atoms with Gasteiger partial charge in [0, 0.05) is 18.4 Å².